The first-order valence-corrected chi connectivity index (χ1v) is 8.17. The van der Waals surface area contributed by atoms with Crippen molar-refractivity contribution in [2.75, 3.05) is 11.9 Å². The Morgan fingerprint density at radius 3 is 2.50 bits per heavy atom. The minimum Gasteiger partial charge on any atom is -0.329 e. The van der Waals surface area contributed by atoms with Gasteiger partial charge in [0.1, 0.15) is 6.54 Å². The van der Waals surface area contributed by atoms with Crippen LogP contribution >= 0.6 is 23.2 Å². The molecule has 2 aromatic carbocycles. The van der Waals surface area contributed by atoms with Gasteiger partial charge in [0.05, 0.1) is 0 Å². The molecule has 126 valence electrons. The number of hydrogen-bond donors (Lipinski definition) is 1. The van der Waals surface area contributed by atoms with Crippen LogP contribution in [0.25, 0.3) is 0 Å². The van der Waals surface area contributed by atoms with E-state index in [0.29, 0.717) is 15.7 Å². The second-order valence-corrected chi connectivity index (χ2v) is 6.32. The third-order valence-electron chi connectivity index (χ3n) is 3.57. The molecule has 0 fully saturated rings. The Bertz CT molecular complexity index is 762. The Hall–Kier alpha value is -2.04. The Morgan fingerprint density at radius 2 is 1.83 bits per heavy atom. The average molecular weight is 365 g/mol. The van der Waals surface area contributed by atoms with Gasteiger partial charge in [0.2, 0.25) is 11.8 Å². The van der Waals surface area contributed by atoms with Crippen molar-refractivity contribution in [3.8, 4) is 0 Å². The molecule has 0 bridgehead atoms. The van der Waals surface area contributed by atoms with Gasteiger partial charge in [0.25, 0.3) is 0 Å². The standard InChI is InChI=1S/C18H18Cl2N2O2/c1-12-7-8-15(19)9-17(12)21-18(24)11-22(13(2)23)10-14-5-3-4-6-16(14)20/h3-9H,10-11H2,1-2H3,(H,21,24). The van der Waals surface area contributed by atoms with Gasteiger partial charge in [-0.2, -0.15) is 0 Å². The SMILES string of the molecule is CC(=O)N(CC(=O)Nc1cc(Cl)ccc1C)Cc1ccccc1Cl. The summed E-state index contributed by atoms with van der Waals surface area (Å²) in [4.78, 5) is 25.6. The molecular weight excluding hydrogens is 347 g/mol. The molecule has 0 atom stereocenters. The quantitative estimate of drug-likeness (QED) is 0.859. The molecule has 0 heterocycles. The van der Waals surface area contributed by atoms with Gasteiger partial charge in [-0.1, -0.05) is 47.5 Å². The molecule has 1 N–H and O–H groups in total. The fraction of sp³-hybridized carbons (Fsp3) is 0.222. The zero-order chi connectivity index (χ0) is 17.7. The summed E-state index contributed by atoms with van der Waals surface area (Å²) in [6.45, 7) is 3.51. The van der Waals surface area contributed by atoms with Crippen LogP contribution in [-0.2, 0) is 16.1 Å². The minimum absolute atomic E-state index is 0.0630. The second-order valence-electron chi connectivity index (χ2n) is 5.47. The molecule has 2 aromatic rings. The Labute approximate surface area is 151 Å². The summed E-state index contributed by atoms with van der Waals surface area (Å²) in [5.74, 6) is -0.490. The molecule has 0 aliphatic heterocycles. The highest BCUT2D eigenvalue weighted by atomic mass is 35.5. The van der Waals surface area contributed by atoms with E-state index in [1.54, 1.807) is 18.2 Å². The Kier molecular flexibility index (Phi) is 6.23. The summed E-state index contributed by atoms with van der Waals surface area (Å²) in [5.41, 5.74) is 2.32. The van der Waals surface area contributed by atoms with Gasteiger partial charge in [-0.05, 0) is 36.2 Å². The highest BCUT2D eigenvalue weighted by Crippen LogP contribution is 2.20. The number of carbonyl (C=O) groups excluding carboxylic acids is 2. The molecular formula is C18H18Cl2N2O2. The molecule has 0 spiro atoms. The van der Waals surface area contributed by atoms with E-state index in [1.807, 2.05) is 31.2 Å². The molecule has 4 nitrogen and oxygen atoms in total. The van der Waals surface area contributed by atoms with Crippen LogP contribution in [0.15, 0.2) is 42.5 Å². The van der Waals surface area contributed by atoms with Gasteiger partial charge in [0.15, 0.2) is 0 Å². The largest absolute Gasteiger partial charge is 0.329 e. The van der Waals surface area contributed by atoms with Gasteiger partial charge >= 0.3 is 0 Å². The van der Waals surface area contributed by atoms with Crippen LogP contribution in [0, 0.1) is 6.92 Å². The molecule has 2 rings (SSSR count). The first kappa shape index (κ1) is 18.3. The van der Waals surface area contributed by atoms with Gasteiger partial charge in [0, 0.05) is 29.2 Å². The van der Waals surface area contributed by atoms with Crippen LogP contribution in [0.2, 0.25) is 10.0 Å². The highest BCUT2D eigenvalue weighted by molar-refractivity contribution is 6.31. The minimum atomic E-state index is -0.289. The summed E-state index contributed by atoms with van der Waals surface area (Å²) in [7, 11) is 0. The van der Waals surface area contributed by atoms with Gasteiger partial charge in [-0.3, -0.25) is 9.59 Å². The number of anilines is 1. The number of aryl methyl sites for hydroxylation is 1. The lowest BCUT2D eigenvalue weighted by Crippen LogP contribution is -2.36. The summed E-state index contributed by atoms with van der Waals surface area (Å²) >= 11 is 12.1. The number of nitrogens with one attached hydrogen (secondary N) is 1. The zero-order valence-corrected chi connectivity index (χ0v) is 15.0. The summed E-state index contributed by atoms with van der Waals surface area (Å²) in [6.07, 6.45) is 0. The molecule has 6 heteroatoms. The van der Waals surface area contributed by atoms with E-state index in [4.69, 9.17) is 23.2 Å². The average Bonchev–Trinajstić information content (AvgIpc) is 2.52. The van der Waals surface area contributed by atoms with E-state index in [1.165, 1.54) is 11.8 Å². The van der Waals surface area contributed by atoms with Crippen molar-refractivity contribution in [3.63, 3.8) is 0 Å². The van der Waals surface area contributed by atoms with E-state index in [9.17, 15) is 9.59 Å². The van der Waals surface area contributed by atoms with Gasteiger partial charge in [-0.15, -0.1) is 0 Å². The van der Waals surface area contributed by atoms with E-state index in [-0.39, 0.29) is 24.9 Å². The van der Waals surface area contributed by atoms with Gasteiger partial charge in [-0.25, -0.2) is 0 Å². The van der Waals surface area contributed by atoms with Crippen LogP contribution < -0.4 is 5.32 Å². The molecule has 0 saturated heterocycles. The first-order valence-electron chi connectivity index (χ1n) is 7.41. The molecule has 2 amide bonds. The third kappa shape index (κ3) is 4.98. The van der Waals surface area contributed by atoms with Crippen LogP contribution in [0.4, 0.5) is 5.69 Å². The van der Waals surface area contributed by atoms with Crippen LogP contribution in [0.1, 0.15) is 18.1 Å². The lowest BCUT2D eigenvalue weighted by atomic mass is 10.2. The third-order valence-corrected chi connectivity index (χ3v) is 4.18. The molecule has 0 radical (unpaired) electrons. The van der Waals surface area contributed by atoms with Crippen molar-refractivity contribution in [2.24, 2.45) is 0 Å². The second kappa shape index (κ2) is 8.18. The fourth-order valence-corrected chi connectivity index (χ4v) is 2.57. The molecule has 0 saturated carbocycles. The maximum absolute atomic E-state index is 12.3. The predicted molar refractivity (Wildman–Crippen MR) is 97.4 cm³/mol. The lowest BCUT2D eigenvalue weighted by Gasteiger charge is -2.21. The van der Waals surface area contributed by atoms with Crippen molar-refractivity contribution in [2.45, 2.75) is 20.4 Å². The summed E-state index contributed by atoms with van der Waals surface area (Å²) < 4.78 is 0. The number of nitrogens with zero attached hydrogens (tertiary/aromatic N) is 1. The Balaban J connectivity index is 2.07. The van der Waals surface area contributed by atoms with E-state index in [0.717, 1.165) is 11.1 Å². The smallest absolute Gasteiger partial charge is 0.244 e. The van der Waals surface area contributed by atoms with Crippen LogP contribution in [0.5, 0.6) is 0 Å². The summed E-state index contributed by atoms with van der Waals surface area (Å²) in [6, 6.07) is 12.5. The maximum atomic E-state index is 12.3. The van der Waals surface area contributed by atoms with Crippen molar-refractivity contribution >= 4 is 40.7 Å². The maximum Gasteiger partial charge on any atom is 0.244 e. The molecule has 0 aliphatic carbocycles. The zero-order valence-electron chi connectivity index (χ0n) is 13.5. The molecule has 0 unspecified atom stereocenters. The first-order chi connectivity index (χ1) is 11.4. The number of carbonyl (C=O) groups is 2. The van der Waals surface area contributed by atoms with Crippen LogP contribution in [0.3, 0.4) is 0 Å². The number of benzene rings is 2. The number of rotatable bonds is 5. The van der Waals surface area contributed by atoms with E-state index < -0.39 is 0 Å². The van der Waals surface area contributed by atoms with Crippen molar-refractivity contribution in [3.05, 3.63) is 63.6 Å². The summed E-state index contributed by atoms with van der Waals surface area (Å²) in [5, 5.41) is 3.89. The van der Waals surface area contributed by atoms with E-state index >= 15 is 0 Å². The number of halogens is 2. The predicted octanol–water partition coefficient (Wildman–Crippen LogP) is 4.29. The normalized spacial score (nSPS) is 10.3. The highest BCUT2D eigenvalue weighted by Gasteiger charge is 2.16. The van der Waals surface area contributed by atoms with E-state index in [2.05, 4.69) is 5.32 Å². The van der Waals surface area contributed by atoms with Crippen molar-refractivity contribution in [1.82, 2.24) is 4.90 Å². The van der Waals surface area contributed by atoms with Gasteiger partial charge < -0.3 is 10.2 Å². The lowest BCUT2D eigenvalue weighted by molar-refractivity contribution is -0.133. The van der Waals surface area contributed by atoms with Crippen molar-refractivity contribution in [1.29, 1.82) is 0 Å². The molecule has 0 aromatic heterocycles. The molecule has 0 aliphatic rings. The molecule has 24 heavy (non-hydrogen) atoms. The van der Waals surface area contributed by atoms with Crippen LogP contribution in [-0.4, -0.2) is 23.3 Å². The Morgan fingerprint density at radius 1 is 1.12 bits per heavy atom. The monoisotopic (exact) mass is 364 g/mol. The number of amides is 2. The number of hydrogen-bond acceptors (Lipinski definition) is 2. The topological polar surface area (TPSA) is 49.4 Å². The fourth-order valence-electron chi connectivity index (χ4n) is 2.20. The van der Waals surface area contributed by atoms with Crippen molar-refractivity contribution < 1.29 is 9.59 Å².